The minimum atomic E-state index is -0.643. The van der Waals surface area contributed by atoms with Crippen LogP contribution in [0.25, 0.3) is 0 Å². The molecule has 0 spiro atoms. The molecule has 1 fully saturated rings. The van der Waals surface area contributed by atoms with Gasteiger partial charge in [-0.2, -0.15) is 5.10 Å². The van der Waals surface area contributed by atoms with E-state index in [4.69, 9.17) is 9.15 Å². The van der Waals surface area contributed by atoms with Gasteiger partial charge < -0.3 is 9.15 Å². The van der Waals surface area contributed by atoms with Crippen LogP contribution in [0.5, 0.6) is 5.75 Å². The van der Waals surface area contributed by atoms with Crippen LogP contribution in [0.2, 0.25) is 0 Å². The molecule has 4 aromatic rings. The first-order chi connectivity index (χ1) is 17.5. The van der Waals surface area contributed by atoms with Gasteiger partial charge in [-0.05, 0) is 57.7 Å². The maximum Gasteiger partial charge on any atom is 0.379 e. The summed E-state index contributed by atoms with van der Waals surface area (Å²) >= 11 is 6.86. The van der Waals surface area contributed by atoms with Gasteiger partial charge in [0.2, 0.25) is 11.7 Å². The fraction of sp³-hybridized carbons (Fsp3) is 0.107. The van der Waals surface area contributed by atoms with Crippen LogP contribution in [-0.4, -0.2) is 18.1 Å². The number of rotatable bonds is 7. The number of hydrogen-bond donors (Lipinski definition) is 1. The molecule has 1 heterocycles. The molecule has 180 valence electrons. The molecule has 1 aromatic heterocycles. The summed E-state index contributed by atoms with van der Waals surface area (Å²) in [4.78, 5) is 25.6. The van der Waals surface area contributed by atoms with Crippen molar-refractivity contribution in [3.8, 4) is 5.75 Å². The number of hydrazone groups is 1. The Labute approximate surface area is 224 Å². The lowest BCUT2D eigenvalue weighted by Gasteiger charge is -2.18. The van der Waals surface area contributed by atoms with Crippen LogP contribution in [0.1, 0.15) is 33.7 Å². The van der Waals surface area contributed by atoms with Gasteiger partial charge in [0.15, 0.2) is 5.75 Å². The summed E-state index contributed by atoms with van der Waals surface area (Å²) in [5.74, 6) is -0.748. The Morgan fingerprint density at radius 2 is 1.64 bits per heavy atom. The van der Waals surface area contributed by atoms with Crippen molar-refractivity contribution in [3.63, 3.8) is 0 Å². The van der Waals surface area contributed by atoms with E-state index in [-0.39, 0.29) is 28.7 Å². The van der Waals surface area contributed by atoms with E-state index in [2.05, 4.69) is 66.7 Å². The zero-order valence-corrected chi connectivity index (χ0v) is 22.0. The Kier molecular flexibility index (Phi) is 6.89. The topological polar surface area (TPSA) is 80.9 Å². The number of carbonyl (C=O) groups is 2. The molecule has 6 nitrogen and oxygen atoms in total. The van der Waals surface area contributed by atoms with Gasteiger partial charge in [-0.25, -0.2) is 10.2 Å². The lowest BCUT2D eigenvalue weighted by Crippen LogP contribution is -2.25. The number of benzene rings is 3. The molecule has 1 aliphatic rings. The van der Waals surface area contributed by atoms with Gasteiger partial charge in [0.1, 0.15) is 0 Å². The Hall–Kier alpha value is -3.49. The quantitative estimate of drug-likeness (QED) is 0.113. The molecule has 8 heteroatoms. The molecular weight excluding hydrogens is 588 g/mol. The van der Waals surface area contributed by atoms with Gasteiger partial charge in [-0.15, -0.1) is 0 Å². The van der Waals surface area contributed by atoms with Crippen LogP contribution in [0, 0.1) is 5.92 Å². The van der Waals surface area contributed by atoms with E-state index in [1.54, 1.807) is 18.2 Å². The fourth-order valence-corrected chi connectivity index (χ4v) is 5.76. The van der Waals surface area contributed by atoms with Crippen LogP contribution in [0.15, 0.2) is 110 Å². The Morgan fingerprint density at radius 1 is 0.972 bits per heavy atom. The highest BCUT2D eigenvalue weighted by Gasteiger charge is 2.60. The number of furan rings is 1. The molecule has 1 atom stereocenters. The van der Waals surface area contributed by atoms with E-state index in [1.807, 2.05) is 36.4 Å². The number of esters is 1. The predicted octanol–water partition coefficient (Wildman–Crippen LogP) is 6.48. The molecule has 1 aliphatic carbocycles. The largest absolute Gasteiger partial charge is 0.457 e. The second-order valence-electron chi connectivity index (χ2n) is 8.37. The summed E-state index contributed by atoms with van der Waals surface area (Å²) in [5, 5.41) is 4.19. The van der Waals surface area contributed by atoms with Gasteiger partial charge >= 0.3 is 5.97 Å². The van der Waals surface area contributed by atoms with Gasteiger partial charge in [-0.3, -0.25) is 4.79 Å². The molecule has 0 radical (unpaired) electrons. The van der Waals surface area contributed by atoms with Gasteiger partial charge in [0.05, 0.1) is 22.9 Å². The van der Waals surface area contributed by atoms with Crippen molar-refractivity contribution in [2.45, 2.75) is 11.8 Å². The highest BCUT2D eigenvalue weighted by atomic mass is 79.9. The van der Waals surface area contributed by atoms with Crippen molar-refractivity contribution >= 4 is 50.0 Å². The molecule has 0 saturated heterocycles. The van der Waals surface area contributed by atoms with Crippen molar-refractivity contribution in [2.24, 2.45) is 11.0 Å². The van der Waals surface area contributed by atoms with Crippen molar-refractivity contribution in [1.29, 1.82) is 0 Å². The molecule has 1 amide bonds. The van der Waals surface area contributed by atoms with E-state index >= 15 is 0 Å². The van der Waals surface area contributed by atoms with Crippen LogP contribution < -0.4 is 10.2 Å². The predicted molar refractivity (Wildman–Crippen MR) is 143 cm³/mol. The smallest absolute Gasteiger partial charge is 0.379 e. The molecule has 0 aliphatic heterocycles. The highest BCUT2D eigenvalue weighted by Crippen LogP contribution is 2.58. The molecule has 1 unspecified atom stereocenters. The van der Waals surface area contributed by atoms with Crippen molar-refractivity contribution in [2.75, 3.05) is 0 Å². The van der Waals surface area contributed by atoms with Crippen molar-refractivity contribution < 1.29 is 18.7 Å². The van der Waals surface area contributed by atoms with Crippen LogP contribution in [0.3, 0.4) is 0 Å². The summed E-state index contributed by atoms with van der Waals surface area (Å²) < 4.78 is 11.9. The van der Waals surface area contributed by atoms with Crippen LogP contribution >= 0.6 is 31.9 Å². The number of hydrogen-bond acceptors (Lipinski definition) is 5. The zero-order valence-electron chi connectivity index (χ0n) is 18.9. The van der Waals surface area contributed by atoms with E-state index in [0.29, 0.717) is 16.5 Å². The number of halogens is 2. The van der Waals surface area contributed by atoms with Crippen molar-refractivity contribution in [3.05, 3.63) is 123 Å². The lowest BCUT2D eigenvalue weighted by molar-refractivity contribution is -0.122. The third kappa shape index (κ3) is 4.79. The summed E-state index contributed by atoms with van der Waals surface area (Å²) in [5.41, 5.74) is 4.98. The maximum atomic E-state index is 13.2. The first kappa shape index (κ1) is 24.2. The fourth-order valence-electron chi connectivity index (χ4n) is 4.42. The van der Waals surface area contributed by atoms with Crippen LogP contribution in [-0.2, 0) is 10.2 Å². The molecule has 1 N–H and O–H groups in total. The zero-order chi connectivity index (χ0) is 25.1. The number of carbonyl (C=O) groups excluding carboxylic acids is 2. The SMILES string of the molecule is O=C(Oc1c(Br)cc(Br)cc1C=NNC(=O)C1CC1(c1ccccc1)c1ccccc1)c1ccco1. The number of amides is 1. The molecule has 36 heavy (non-hydrogen) atoms. The van der Waals surface area contributed by atoms with Gasteiger partial charge in [-0.1, -0.05) is 76.6 Å². The summed E-state index contributed by atoms with van der Waals surface area (Å²) in [6.07, 6.45) is 3.54. The Bertz CT molecular complexity index is 1380. The lowest BCUT2D eigenvalue weighted by atomic mass is 9.85. The first-order valence-electron chi connectivity index (χ1n) is 11.2. The third-order valence-corrected chi connectivity index (χ3v) is 7.23. The minimum Gasteiger partial charge on any atom is -0.457 e. The standard InChI is InChI=1S/C28H20Br2N2O4/c29-21-14-18(25(23(30)15-21)36-27(34)24-12-7-13-35-24)17-31-32-26(33)22-16-28(22,19-8-3-1-4-9-19)20-10-5-2-6-11-20/h1-15,17,22H,16H2,(H,32,33). The summed E-state index contributed by atoms with van der Waals surface area (Å²) in [6, 6.07) is 26.7. The summed E-state index contributed by atoms with van der Waals surface area (Å²) in [7, 11) is 0. The second-order valence-corrected chi connectivity index (χ2v) is 10.1. The Balaban J connectivity index is 1.35. The number of nitrogens with zero attached hydrogens (tertiary/aromatic N) is 1. The van der Waals surface area contributed by atoms with Gasteiger partial charge in [0.25, 0.3) is 0 Å². The van der Waals surface area contributed by atoms with E-state index < -0.39 is 5.97 Å². The van der Waals surface area contributed by atoms with E-state index in [1.165, 1.54) is 18.5 Å². The highest BCUT2D eigenvalue weighted by molar-refractivity contribution is 9.11. The van der Waals surface area contributed by atoms with E-state index in [0.717, 1.165) is 15.6 Å². The maximum absolute atomic E-state index is 13.2. The monoisotopic (exact) mass is 606 g/mol. The number of ether oxygens (including phenoxy) is 1. The second kappa shape index (κ2) is 10.2. The minimum absolute atomic E-state index is 0.0768. The molecule has 1 saturated carbocycles. The van der Waals surface area contributed by atoms with Gasteiger partial charge in [0, 0.05) is 15.5 Å². The third-order valence-electron chi connectivity index (χ3n) is 6.19. The Morgan fingerprint density at radius 3 is 2.25 bits per heavy atom. The molecular formula is C28H20Br2N2O4. The normalized spacial score (nSPS) is 16.0. The van der Waals surface area contributed by atoms with Crippen molar-refractivity contribution in [1.82, 2.24) is 5.43 Å². The van der Waals surface area contributed by atoms with Crippen LogP contribution in [0.4, 0.5) is 0 Å². The average molecular weight is 608 g/mol. The number of nitrogens with one attached hydrogen (secondary N) is 1. The average Bonchev–Trinajstić information content (AvgIpc) is 3.42. The molecule has 5 rings (SSSR count). The molecule has 3 aromatic carbocycles. The van der Waals surface area contributed by atoms with E-state index in [9.17, 15) is 9.59 Å². The molecule has 0 bridgehead atoms. The summed E-state index contributed by atoms with van der Waals surface area (Å²) in [6.45, 7) is 0. The first-order valence-corrected chi connectivity index (χ1v) is 12.8.